The number of rotatable bonds is 3. The van der Waals surface area contributed by atoms with E-state index in [1.807, 2.05) is 13.0 Å². The lowest BCUT2D eigenvalue weighted by Gasteiger charge is -2.17. The zero-order valence-electron chi connectivity index (χ0n) is 10.0. The van der Waals surface area contributed by atoms with Crippen LogP contribution in [0, 0.1) is 5.82 Å². The van der Waals surface area contributed by atoms with E-state index in [9.17, 15) is 4.39 Å². The fraction of sp³-hybridized carbons (Fsp3) is 0.214. The molecule has 2 nitrogen and oxygen atoms in total. The number of nitrogens with zero attached hydrogens (tertiary/aromatic N) is 1. The zero-order chi connectivity index (χ0) is 13.1. The molecule has 1 aromatic heterocycles. The smallest absolute Gasteiger partial charge is 0.123 e. The quantitative estimate of drug-likeness (QED) is 0.922. The summed E-state index contributed by atoms with van der Waals surface area (Å²) >= 11 is 6.07. The van der Waals surface area contributed by atoms with E-state index >= 15 is 0 Å². The number of nitrogens with two attached hydrogens (primary N) is 1. The van der Waals surface area contributed by atoms with Crippen LogP contribution in [0.4, 0.5) is 4.39 Å². The number of hydrogen-bond acceptors (Lipinski definition) is 2. The molecule has 2 aromatic rings. The van der Waals surface area contributed by atoms with Crippen LogP contribution in [0.5, 0.6) is 0 Å². The van der Waals surface area contributed by atoms with Crippen LogP contribution in [0.15, 0.2) is 36.7 Å². The van der Waals surface area contributed by atoms with E-state index in [1.165, 1.54) is 18.2 Å². The Balaban J connectivity index is 2.47. The minimum absolute atomic E-state index is 0.336. The lowest BCUT2D eigenvalue weighted by atomic mass is 9.95. The van der Waals surface area contributed by atoms with Gasteiger partial charge in [-0.15, -0.1) is 0 Å². The maximum Gasteiger partial charge on any atom is 0.123 e. The van der Waals surface area contributed by atoms with Crippen molar-refractivity contribution in [3.8, 4) is 0 Å². The Kier molecular flexibility index (Phi) is 3.94. The predicted molar refractivity (Wildman–Crippen MR) is 71.1 cm³/mol. The van der Waals surface area contributed by atoms with Crippen LogP contribution in [0.1, 0.15) is 29.7 Å². The minimum Gasteiger partial charge on any atom is -0.320 e. The normalized spacial score (nSPS) is 12.4. The van der Waals surface area contributed by atoms with E-state index in [0.717, 1.165) is 17.5 Å². The first-order valence-electron chi connectivity index (χ1n) is 5.76. The van der Waals surface area contributed by atoms with Crippen molar-refractivity contribution in [1.29, 1.82) is 0 Å². The molecule has 0 amide bonds. The molecule has 94 valence electrons. The largest absolute Gasteiger partial charge is 0.320 e. The molecule has 0 radical (unpaired) electrons. The third-order valence-corrected chi connectivity index (χ3v) is 3.29. The molecule has 1 atom stereocenters. The van der Waals surface area contributed by atoms with Crippen molar-refractivity contribution in [3.63, 3.8) is 0 Å². The molecular formula is C14H14ClFN2. The fourth-order valence-corrected chi connectivity index (χ4v) is 2.19. The molecule has 0 bridgehead atoms. The van der Waals surface area contributed by atoms with Crippen LogP contribution >= 0.6 is 11.6 Å². The number of hydrogen-bond donors (Lipinski definition) is 1. The highest BCUT2D eigenvalue weighted by atomic mass is 35.5. The molecule has 0 spiro atoms. The molecule has 1 unspecified atom stereocenters. The fourth-order valence-electron chi connectivity index (χ4n) is 1.96. The summed E-state index contributed by atoms with van der Waals surface area (Å²) in [7, 11) is 0. The first kappa shape index (κ1) is 13.0. The van der Waals surface area contributed by atoms with Crippen LogP contribution in [0.2, 0.25) is 5.02 Å². The highest BCUT2D eigenvalue weighted by molar-refractivity contribution is 6.31. The topological polar surface area (TPSA) is 38.9 Å². The lowest BCUT2D eigenvalue weighted by molar-refractivity contribution is 0.623. The van der Waals surface area contributed by atoms with E-state index in [-0.39, 0.29) is 5.82 Å². The maximum atomic E-state index is 13.3. The zero-order valence-corrected chi connectivity index (χ0v) is 10.8. The van der Waals surface area contributed by atoms with E-state index < -0.39 is 6.04 Å². The van der Waals surface area contributed by atoms with Gasteiger partial charge in [-0.05, 0) is 47.4 Å². The molecule has 0 aliphatic carbocycles. The molecule has 0 aliphatic heterocycles. The van der Waals surface area contributed by atoms with Gasteiger partial charge in [0.25, 0.3) is 0 Å². The Morgan fingerprint density at radius 3 is 2.83 bits per heavy atom. The Hall–Kier alpha value is -1.45. The molecule has 2 N–H and O–H groups in total. The van der Waals surface area contributed by atoms with Crippen LogP contribution in [0.3, 0.4) is 0 Å². The lowest BCUT2D eigenvalue weighted by Crippen LogP contribution is -2.15. The van der Waals surface area contributed by atoms with Crippen molar-refractivity contribution in [3.05, 3.63) is 64.2 Å². The van der Waals surface area contributed by atoms with Crippen molar-refractivity contribution < 1.29 is 4.39 Å². The molecule has 0 aliphatic rings. The highest BCUT2D eigenvalue weighted by Crippen LogP contribution is 2.28. The number of pyridine rings is 1. The minimum atomic E-state index is -0.439. The molecule has 1 heterocycles. The maximum absolute atomic E-state index is 13.3. The number of halogens is 2. The van der Waals surface area contributed by atoms with Gasteiger partial charge in [0.2, 0.25) is 0 Å². The van der Waals surface area contributed by atoms with Crippen molar-refractivity contribution in [2.45, 2.75) is 19.4 Å². The summed E-state index contributed by atoms with van der Waals surface area (Å²) in [6.07, 6.45) is 4.29. The average molecular weight is 265 g/mol. The third kappa shape index (κ3) is 2.52. The Labute approximate surface area is 111 Å². The number of aromatic nitrogens is 1. The summed E-state index contributed by atoms with van der Waals surface area (Å²) in [4.78, 5) is 4.07. The summed E-state index contributed by atoms with van der Waals surface area (Å²) in [6, 6.07) is 5.65. The van der Waals surface area contributed by atoms with Crippen LogP contribution in [-0.4, -0.2) is 4.98 Å². The van der Waals surface area contributed by atoms with Crippen molar-refractivity contribution in [2.24, 2.45) is 5.73 Å². The van der Waals surface area contributed by atoms with Gasteiger partial charge in [0.05, 0.1) is 6.04 Å². The van der Waals surface area contributed by atoms with E-state index in [0.29, 0.717) is 10.6 Å². The standard InChI is InChI=1S/C14H14ClFN2/c1-2-9-8-18-6-5-11(9)14(17)12-7-10(16)3-4-13(12)15/h3-8,14H,2,17H2,1H3. The Morgan fingerprint density at radius 1 is 1.33 bits per heavy atom. The number of benzene rings is 1. The van der Waals surface area contributed by atoms with Gasteiger partial charge in [0, 0.05) is 17.4 Å². The van der Waals surface area contributed by atoms with E-state index in [2.05, 4.69) is 4.98 Å². The van der Waals surface area contributed by atoms with Gasteiger partial charge in [-0.3, -0.25) is 4.98 Å². The highest BCUT2D eigenvalue weighted by Gasteiger charge is 2.16. The second kappa shape index (κ2) is 5.46. The molecule has 0 fully saturated rings. The molecular weight excluding hydrogens is 251 g/mol. The van der Waals surface area contributed by atoms with Crippen molar-refractivity contribution >= 4 is 11.6 Å². The predicted octanol–water partition coefficient (Wildman–Crippen LogP) is 3.48. The molecule has 4 heteroatoms. The van der Waals surface area contributed by atoms with Crippen LogP contribution < -0.4 is 5.73 Å². The Morgan fingerprint density at radius 2 is 2.11 bits per heavy atom. The molecule has 2 rings (SSSR count). The van der Waals surface area contributed by atoms with Gasteiger partial charge in [0.15, 0.2) is 0 Å². The molecule has 1 aromatic carbocycles. The summed E-state index contributed by atoms with van der Waals surface area (Å²) in [6.45, 7) is 2.03. The monoisotopic (exact) mass is 264 g/mol. The third-order valence-electron chi connectivity index (χ3n) is 2.95. The summed E-state index contributed by atoms with van der Waals surface area (Å²) < 4.78 is 13.3. The van der Waals surface area contributed by atoms with E-state index in [1.54, 1.807) is 12.4 Å². The Bertz CT molecular complexity index is 557. The van der Waals surface area contributed by atoms with Gasteiger partial charge >= 0.3 is 0 Å². The van der Waals surface area contributed by atoms with Crippen LogP contribution in [0.25, 0.3) is 0 Å². The van der Waals surface area contributed by atoms with Gasteiger partial charge in [-0.2, -0.15) is 0 Å². The second-order valence-corrected chi connectivity index (χ2v) is 4.48. The van der Waals surface area contributed by atoms with Crippen molar-refractivity contribution in [2.75, 3.05) is 0 Å². The first-order chi connectivity index (χ1) is 8.63. The summed E-state index contributed by atoms with van der Waals surface area (Å²) in [5, 5.41) is 0.475. The molecule has 18 heavy (non-hydrogen) atoms. The summed E-state index contributed by atoms with van der Waals surface area (Å²) in [5.41, 5.74) is 8.76. The average Bonchev–Trinajstić information content (AvgIpc) is 2.40. The van der Waals surface area contributed by atoms with Gasteiger partial charge in [-0.1, -0.05) is 18.5 Å². The SMILES string of the molecule is CCc1cnccc1C(N)c1cc(F)ccc1Cl. The van der Waals surface area contributed by atoms with E-state index in [4.69, 9.17) is 17.3 Å². The molecule has 0 saturated heterocycles. The number of aryl methyl sites for hydroxylation is 1. The molecule has 0 saturated carbocycles. The first-order valence-corrected chi connectivity index (χ1v) is 6.14. The van der Waals surface area contributed by atoms with Gasteiger partial charge < -0.3 is 5.73 Å². The van der Waals surface area contributed by atoms with Gasteiger partial charge in [-0.25, -0.2) is 4.39 Å². The summed E-state index contributed by atoms with van der Waals surface area (Å²) in [5.74, 6) is -0.336. The van der Waals surface area contributed by atoms with Crippen LogP contribution in [-0.2, 0) is 6.42 Å². The van der Waals surface area contributed by atoms with Gasteiger partial charge in [0.1, 0.15) is 5.82 Å². The second-order valence-electron chi connectivity index (χ2n) is 4.07. The van der Waals surface area contributed by atoms with Crippen molar-refractivity contribution in [1.82, 2.24) is 4.98 Å².